The van der Waals surface area contributed by atoms with Crippen molar-refractivity contribution in [2.45, 2.75) is 0 Å². The van der Waals surface area contributed by atoms with Crippen LogP contribution >= 0.6 is 0 Å². The maximum Gasteiger partial charge on any atom is 0.292 e. The molecule has 3 rings (SSSR count). The van der Waals surface area contributed by atoms with Crippen molar-refractivity contribution in [3.63, 3.8) is 0 Å². The number of ketones is 1. The number of anilines is 3. The summed E-state index contributed by atoms with van der Waals surface area (Å²) in [5.41, 5.74) is 8.14. The standard InChI is InChI=1S/C19H15N3O3/c20-16-12-14(21-17-8-4-5-9-18(17)22(24)25)10-11-15(16)19(23)13-6-2-1-3-7-13/h1-12,21H,20H2. The number of nitrogens with zero attached hydrogens (tertiary/aromatic N) is 1. The predicted octanol–water partition coefficient (Wildman–Crippen LogP) is 4.15. The third-order valence-corrected chi connectivity index (χ3v) is 3.71. The molecule has 3 N–H and O–H groups in total. The summed E-state index contributed by atoms with van der Waals surface area (Å²) in [5, 5.41) is 14.0. The molecule has 124 valence electrons. The lowest BCUT2D eigenvalue weighted by molar-refractivity contribution is -0.383. The summed E-state index contributed by atoms with van der Waals surface area (Å²) < 4.78 is 0. The van der Waals surface area contributed by atoms with Crippen molar-refractivity contribution in [1.82, 2.24) is 0 Å². The molecule has 0 saturated heterocycles. The first-order valence-electron chi connectivity index (χ1n) is 7.56. The van der Waals surface area contributed by atoms with Gasteiger partial charge in [0.1, 0.15) is 5.69 Å². The monoisotopic (exact) mass is 333 g/mol. The molecular weight excluding hydrogens is 318 g/mol. The molecule has 0 aliphatic carbocycles. The second-order valence-corrected chi connectivity index (χ2v) is 5.40. The molecule has 6 nitrogen and oxygen atoms in total. The minimum Gasteiger partial charge on any atom is -0.398 e. The zero-order valence-electron chi connectivity index (χ0n) is 13.2. The van der Waals surface area contributed by atoms with Crippen LogP contribution < -0.4 is 11.1 Å². The van der Waals surface area contributed by atoms with E-state index in [4.69, 9.17) is 5.73 Å². The Morgan fingerprint density at radius 2 is 1.64 bits per heavy atom. The van der Waals surface area contributed by atoms with Crippen LogP contribution in [0.25, 0.3) is 0 Å². The fraction of sp³-hybridized carbons (Fsp3) is 0. The van der Waals surface area contributed by atoms with Crippen molar-refractivity contribution in [2.24, 2.45) is 0 Å². The van der Waals surface area contributed by atoms with Gasteiger partial charge >= 0.3 is 0 Å². The van der Waals surface area contributed by atoms with Gasteiger partial charge in [-0.1, -0.05) is 42.5 Å². The quantitative estimate of drug-likeness (QED) is 0.316. The second kappa shape index (κ2) is 6.84. The number of rotatable bonds is 5. The SMILES string of the molecule is Nc1cc(Nc2ccccc2[N+](=O)[O-])ccc1C(=O)c1ccccc1. The van der Waals surface area contributed by atoms with E-state index in [1.807, 2.05) is 6.07 Å². The maximum atomic E-state index is 12.5. The lowest BCUT2D eigenvalue weighted by Crippen LogP contribution is -2.06. The molecule has 0 fully saturated rings. The Balaban J connectivity index is 1.88. The number of nitrogens with one attached hydrogen (secondary N) is 1. The topological polar surface area (TPSA) is 98.3 Å². The maximum absolute atomic E-state index is 12.5. The Kier molecular flexibility index (Phi) is 4.43. The molecule has 0 radical (unpaired) electrons. The summed E-state index contributed by atoms with van der Waals surface area (Å²) >= 11 is 0. The van der Waals surface area contributed by atoms with Gasteiger partial charge in [-0.3, -0.25) is 14.9 Å². The summed E-state index contributed by atoms with van der Waals surface area (Å²) in [7, 11) is 0. The van der Waals surface area contributed by atoms with Crippen molar-refractivity contribution >= 4 is 28.5 Å². The molecule has 0 aliphatic heterocycles. The van der Waals surface area contributed by atoms with E-state index in [2.05, 4.69) is 5.32 Å². The van der Waals surface area contributed by atoms with Crippen LogP contribution in [0, 0.1) is 10.1 Å². The highest BCUT2D eigenvalue weighted by molar-refractivity contribution is 6.12. The van der Waals surface area contributed by atoms with Gasteiger partial charge in [0.05, 0.1) is 4.92 Å². The van der Waals surface area contributed by atoms with Gasteiger partial charge in [0.2, 0.25) is 0 Å². The zero-order chi connectivity index (χ0) is 17.8. The van der Waals surface area contributed by atoms with Crippen molar-refractivity contribution in [3.8, 4) is 0 Å². The van der Waals surface area contributed by atoms with E-state index < -0.39 is 4.92 Å². The number of hydrogen-bond donors (Lipinski definition) is 2. The van der Waals surface area contributed by atoms with Crippen LogP contribution in [-0.4, -0.2) is 10.7 Å². The number of nitro groups is 1. The third kappa shape index (κ3) is 3.48. The highest BCUT2D eigenvalue weighted by Crippen LogP contribution is 2.29. The van der Waals surface area contributed by atoms with Crippen LogP contribution in [0.1, 0.15) is 15.9 Å². The molecular formula is C19H15N3O3. The average Bonchev–Trinajstić information content (AvgIpc) is 2.62. The molecule has 25 heavy (non-hydrogen) atoms. The molecule has 0 aromatic heterocycles. The van der Waals surface area contributed by atoms with Gasteiger partial charge in [-0.15, -0.1) is 0 Å². The summed E-state index contributed by atoms with van der Waals surface area (Å²) in [6.07, 6.45) is 0. The Morgan fingerprint density at radius 3 is 2.32 bits per heavy atom. The third-order valence-electron chi connectivity index (χ3n) is 3.71. The van der Waals surface area contributed by atoms with Crippen molar-refractivity contribution in [3.05, 3.63) is 94.0 Å². The first kappa shape index (κ1) is 16.2. The molecule has 0 heterocycles. The van der Waals surface area contributed by atoms with Crippen LogP contribution in [0.3, 0.4) is 0 Å². The number of para-hydroxylation sites is 2. The number of nitrogen functional groups attached to an aromatic ring is 1. The fourth-order valence-corrected chi connectivity index (χ4v) is 2.49. The average molecular weight is 333 g/mol. The van der Waals surface area contributed by atoms with Gasteiger partial charge in [0.25, 0.3) is 5.69 Å². The van der Waals surface area contributed by atoms with E-state index in [1.165, 1.54) is 6.07 Å². The normalized spacial score (nSPS) is 10.2. The van der Waals surface area contributed by atoms with Gasteiger partial charge < -0.3 is 11.1 Å². The summed E-state index contributed by atoms with van der Waals surface area (Å²) in [5.74, 6) is -0.171. The van der Waals surface area contributed by atoms with Crippen molar-refractivity contribution < 1.29 is 9.72 Å². The van der Waals surface area contributed by atoms with Crippen molar-refractivity contribution in [1.29, 1.82) is 0 Å². The Hall–Kier alpha value is -3.67. The highest BCUT2D eigenvalue weighted by Gasteiger charge is 2.15. The van der Waals surface area contributed by atoms with Gasteiger partial charge in [-0.05, 0) is 24.3 Å². The van der Waals surface area contributed by atoms with Crippen LogP contribution in [0.15, 0.2) is 72.8 Å². The molecule has 3 aromatic rings. The largest absolute Gasteiger partial charge is 0.398 e. The molecule has 0 amide bonds. The molecule has 0 spiro atoms. The van der Waals surface area contributed by atoms with E-state index in [0.29, 0.717) is 28.2 Å². The summed E-state index contributed by atoms with van der Waals surface area (Å²) in [6.45, 7) is 0. The zero-order valence-corrected chi connectivity index (χ0v) is 13.2. The number of nitrogens with two attached hydrogens (primary N) is 1. The van der Waals surface area contributed by atoms with Gasteiger partial charge in [0.15, 0.2) is 5.78 Å². The smallest absolute Gasteiger partial charge is 0.292 e. The van der Waals surface area contributed by atoms with Gasteiger partial charge in [-0.2, -0.15) is 0 Å². The first-order chi connectivity index (χ1) is 12.1. The Bertz CT molecular complexity index is 940. The first-order valence-corrected chi connectivity index (χ1v) is 7.56. The molecule has 0 aliphatic rings. The molecule has 0 unspecified atom stereocenters. The second-order valence-electron chi connectivity index (χ2n) is 5.40. The van der Waals surface area contributed by atoms with Gasteiger partial charge in [-0.25, -0.2) is 0 Å². The number of nitro benzene ring substituents is 1. The highest BCUT2D eigenvalue weighted by atomic mass is 16.6. The number of benzene rings is 3. The van der Waals surface area contributed by atoms with E-state index in [1.54, 1.807) is 60.7 Å². The Labute approximate surface area is 144 Å². The minimum atomic E-state index is -0.459. The number of carbonyl (C=O) groups excluding carboxylic acids is 1. The number of hydrogen-bond acceptors (Lipinski definition) is 5. The molecule has 0 atom stereocenters. The summed E-state index contributed by atoms with van der Waals surface area (Å²) in [4.78, 5) is 23.1. The molecule has 6 heteroatoms. The number of carbonyl (C=O) groups is 1. The van der Waals surface area contributed by atoms with Crippen LogP contribution in [0.5, 0.6) is 0 Å². The summed E-state index contributed by atoms with van der Waals surface area (Å²) in [6, 6.07) is 20.0. The van der Waals surface area contributed by atoms with Crippen molar-refractivity contribution in [2.75, 3.05) is 11.1 Å². The Morgan fingerprint density at radius 1 is 0.960 bits per heavy atom. The molecule has 0 bridgehead atoms. The predicted molar refractivity (Wildman–Crippen MR) is 97.1 cm³/mol. The van der Waals surface area contributed by atoms with Crippen LogP contribution in [0.4, 0.5) is 22.7 Å². The van der Waals surface area contributed by atoms with E-state index in [-0.39, 0.29) is 11.5 Å². The van der Waals surface area contributed by atoms with E-state index >= 15 is 0 Å². The fourth-order valence-electron chi connectivity index (χ4n) is 2.49. The molecule has 3 aromatic carbocycles. The molecule has 0 saturated carbocycles. The lowest BCUT2D eigenvalue weighted by atomic mass is 10.0. The minimum absolute atomic E-state index is 0.0366. The lowest BCUT2D eigenvalue weighted by Gasteiger charge is -2.10. The van der Waals surface area contributed by atoms with E-state index in [0.717, 1.165) is 0 Å². The van der Waals surface area contributed by atoms with Crippen LogP contribution in [-0.2, 0) is 0 Å². The van der Waals surface area contributed by atoms with Gasteiger partial charge in [0, 0.05) is 28.6 Å². The van der Waals surface area contributed by atoms with Crippen LogP contribution in [0.2, 0.25) is 0 Å². The van der Waals surface area contributed by atoms with E-state index in [9.17, 15) is 14.9 Å².